The van der Waals surface area contributed by atoms with Crippen molar-refractivity contribution in [3.63, 3.8) is 0 Å². The van der Waals surface area contributed by atoms with E-state index in [1.54, 1.807) is 0 Å². The predicted octanol–water partition coefficient (Wildman–Crippen LogP) is 1.89. The van der Waals surface area contributed by atoms with E-state index in [-0.39, 0.29) is 5.91 Å². The number of nitrogens with two attached hydrogens (primary N) is 1. The number of hydrogen-bond donors (Lipinski definition) is 2. The third kappa shape index (κ3) is 2.91. The maximum absolute atomic E-state index is 11.5. The van der Waals surface area contributed by atoms with E-state index in [9.17, 15) is 4.79 Å². The van der Waals surface area contributed by atoms with Crippen LogP contribution in [0.4, 0.5) is 0 Å². The molecule has 0 bridgehead atoms. The summed E-state index contributed by atoms with van der Waals surface area (Å²) >= 11 is 1.52. The normalized spacial score (nSPS) is 20.3. The Hall–Kier alpha value is -0.910. The summed E-state index contributed by atoms with van der Waals surface area (Å²) in [6.45, 7) is 7.64. The Morgan fingerprint density at radius 1 is 1.67 bits per heavy atom. The number of thiophene rings is 1. The highest BCUT2D eigenvalue weighted by Crippen LogP contribution is 2.26. The monoisotopic (exact) mass is 267 g/mol. The first-order chi connectivity index (χ1) is 8.63. The van der Waals surface area contributed by atoms with Crippen molar-refractivity contribution in [1.29, 1.82) is 0 Å². The second kappa shape index (κ2) is 5.82. The van der Waals surface area contributed by atoms with Crippen LogP contribution in [0.2, 0.25) is 0 Å². The number of carbonyl (C=O) groups excluding carboxylic acids is 1. The summed E-state index contributed by atoms with van der Waals surface area (Å²) in [4.78, 5) is 15.9. The molecular formula is C13H21N3OS. The van der Waals surface area contributed by atoms with Gasteiger partial charge in [0.15, 0.2) is 0 Å². The molecule has 0 spiro atoms. The summed E-state index contributed by atoms with van der Waals surface area (Å²) in [6.07, 6.45) is 2.57. The fourth-order valence-corrected chi connectivity index (χ4v) is 3.43. The van der Waals surface area contributed by atoms with E-state index >= 15 is 0 Å². The van der Waals surface area contributed by atoms with Gasteiger partial charge < -0.3 is 0 Å². The highest BCUT2D eigenvalue weighted by Gasteiger charge is 2.22. The largest absolute Gasteiger partial charge is 0.299 e. The maximum atomic E-state index is 11.5. The molecule has 0 aromatic carbocycles. The second-order valence-electron chi connectivity index (χ2n) is 4.96. The Kier molecular flexibility index (Phi) is 4.37. The first-order valence-electron chi connectivity index (χ1n) is 6.46. The summed E-state index contributed by atoms with van der Waals surface area (Å²) in [5.74, 6) is 5.81. The number of aryl methyl sites for hydroxylation is 1. The van der Waals surface area contributed by atoms with Crippen LogP contribution >= 0.6 is 11.3 Å². The molecule has 0 radical (unpaired) electrons. The molecule has 1 amide bonds. The third-order valence-electron chi connectivity index (χ3n) is 3.72. The average molecular weight is 267 g/mol. The first-order valence-corrected chi connectivity index (χ1v) is 7.28. The number of nitrogen functional groups attached to an aromatic ring is 1. The average Bonchev–Trinajstić information content (AvgIpc) is 2.96. The van der Waals surface area contributed by atoms with E-state index in [4.69, 9.17) is 5.84 Å². The van der Waals surface area contributed by atoms with Crippen LogP contribution in [0.15, 0.2) is 6.07 Å². The van der Waals surface area contributed by atoms with Gasteiger partial charge in [-0.3, -0.25) is 15.1 Å². The van der Waals surface area contributed by atoms with Crippen LogP contribution in [0.5, 0.6) is 0 Å². The van der Waals surface area contributed by atoms with E-state index in [2.05, 4.69) is 24.2 Å². The number of nitrogens with one attached hydrogen (secondary N) is 1. The van der Waals surface area contributed by atoms with Gasteiger partial charge in [-0.15, -0.1) is 11.3 Å². The van der Waals surface area contributed by atoms with Gasteiger partial charge in [-0.05, 0) is 37.4 Å². The van der Waals surface area contributed by atoms with Crippen LogP contribution in [0.25, 0.3) is 0 Å². The van der Waals surface area contributed by atoms with Crippen molar-refractivity contribution in [3.05, 3.63) is 21.4 Å². The van der Waals surface area contributed by atoms with Crippen molar-refractivity contribution in [2.75, 3.05) is 13.1 Å². The molecule has 0 saturated carbocycles. The Balaban J connectivity index is 2.01. The number of rotatable bonds is 4. The third-order valence-corrected chi connectivity index (χ3v) is 4.81. The van der Waals surface area contributed by atoms with Crippen molar-refractivity contribution in [3.8, 4) is 0 Å². The van der Waals surface area contributed by atoms with Crippen molar-refractivity contribution in [1.82, 2.24) is 10.3 Å². The number of amides is 1. The molecule has 1 atom stereocenters. The molecule has 1 saturated heterocycles. The zero-order chi connectivity index (χ0) is 13.1. The molecule has 100 valence electrons. The van der Waals surface area contributed by atoms with Crippen molar-refractivity contribution in [2.24, 2.45) is 11.8 Å². The van der Waals surface area contributed by atoms with Crippen molar-refractivity contribution < 1.29 is 4.79 Å². The lowest BCUT2D eigenvalue weighted by molar-refractivity contribution is 0.0957. The van der Waals surface area contributed by atoms with Gasteiger partial charge in [0, 0.05) is 18.0 Å². The van der Waals surface area contributed by atoms with E-state index in [0.29, 0.717) is 4.88 Å². The van der Waals surface area contributed by atoms with Crippen LogP contribution in [-0.4, -0.2) is 23.9 Å². The van der Waals surface area contributed by atoms with Gasteiger partial charge in [-0.25, -0.2) is 5.84 Å². The van der Waals surface area contributed by atoms with Gasteiger partial charge in [0.05, 0.1) is 4.88 Å². The molecule has 1 unspecified atom stereocenters. The fourth-order valence-electron chi connectivity index (χ4n) is 2.49. The zero-order valence-corrected chi connectivity index (χ0v) is 11.8. The number of nitrogens with zero attached hydrogens (tertiary/aromatic N) is 1. The molecule has 0 aliphatic carbocycles. The van der Waals surface area contributed by atoms with Gasteiger partial charge in [-0.2, -0.15) is 0 Å². The number of carbonyl (C=O) groups is 1. The second-order valence-corrected chi connectivity index (χ2v) is 6.22. The lowest BCUT2D eigenvalue weighted by atomic mass is 10.1. The molecule has 3 N–H and O–H groups in total. The minimum absolute atomic E-state index is 0.192. The highest BCUT2D eigenvalue weighted by molar-refractivity contribution is 7.14. The maximum Gasteiger partial charge on any atom is 0.275 e. The summed E-state index contributed by atoms with van der Waals surface area (Å²) in [7, 11) is 0. The van der Waals surface area contributed by atoms with E-state index < -0.39 is 0 Å². The van der Waals surface area contributed by atoms with Crippen LogP contribution in [0.3, 0.4) is 0 Å². The number of hydrazine groups is 1. The topological polar surface area (TPSA) is 58.4 Å². The SMILES string of the molecule is CCC1CCN(Cc2cc(C(=O)NN)sc2C)C1. The summed E-state index contributed by atoms with van der Waals surface area (Å²) < 4.78 is 0. The van der Waals surface area contributed by atoms with E-state index in [1.807, 2.05) is 6.07 Å². The van der Waals surface area contributed by atoms with Crippen LogP contribution in [0.1, 0.15) is 39.9 Å². The highest BCUT2D eigenvalue weighted by atomic mass is 32.1. The molecule has 1 aliphatic heterocycles. The van der Waals surface area contributed by atoms with E-state index in [0.717, 1.165) is 12.5 Å². The fraction of sp³-hybridized carbons (Fsp3) is 0.615. The van der Waals surface area contributed by atoms with Crippen LogP contribution in [-0.2, 0) is 6.54 Å². The molecule has 1 aliphatic rings. The minimum atomic E-state index is -0.192. The number of hydrogen-bond acceptors (Lipinski definition) is 4. The van der Waals surface area contributed by atoms with Crippen molar-refractivity contribution in [2.45, 2.75) is 33.2 Å². The van der Waals surface area contributed by atoms with E-state index in [1.165, 1.54) is 47.7 Å². The van der Waals surface area contributed by atoms with Gasteiger partial charge in [0.2, 0.25) is 0 Å². The Labute approximate surface area is 112 Å². The first kappa shape index (κ1) is 13.5. The molecule has 4 nitrogen and oxygen atoms in total. The summed E-state index contributed by atoms with van der Waals surface area (Å²) in [6, 6.07) is 1.97. The molecular weight excluding hydrogens is 246 g/mol. The molecule has 1 fully saturated rings. The molecule has 18 heavy (non-hydrogen) atoms. The Bertz CT molecular complexity index is 430. The van der Waals surface area contributed by atoms with Gasteiger partial charge in [-0.1, -0.05) is 13.3 Å². The van der Waals surface area contributed by atoms with Gasteiger partial charge in [0.25, 0.3) is 5.91 Å². The number of likely N-dealkylation sites (tertiary alicyclic amines) is 1. The molecule has 2 rings (SSSR count). The molecule has 1 aromatic rings. The Morgan fingerprint density at radius 3 is 3.06 bits per heavy atom. The van der Waals surface area contributed by atoms with Crippen LogP contribution in [0, 0.1) is 12.8 Å². The zero-order valence-electron chi connectivity index (χ0n) is 11.0. The lowest BCUT2D eigenvalue weighted by Gasteiger charge is -2.15. The minimum Gasteiger partial charge on any atom is -0.299 e. The predicted molar refractivity (Wildman–Crippen MR) is 74.4 cm³/mol. The smallest absolute Gasteiger partial charge is 0.275 e. The van der Waals surface area contributed by atoms with Crippen LogP contribution < -0.4 is 11.3 Å². The van der Waals surface area contributed by atoms with Crippen molar-refractivity contribution >= 4 is 17.2 Å². The quantitative estimate of drug-likeness (QED) is 0.497. The summed E-state index contributed by atoms with van der Waals surface area (Å²) in [5, 5.41) is 0. The lowest BCUT2D eigenvalue weighted by Crippen LogP contribution is -2.29. The molecule has 1 aromatic heterocycles. The van der Waals surface area contributed by atoms with Gasteiger partial charge in [0.1, 0.15) is 0 Å². The van der Waals surface area contributed by atoms with Gasteiger partial charge >= 0.3 is 0 Å². The molecule has 5 heteroatoms. The Morgan fingerprint density at radius 2 is 2.44 bits per heavy atom. The molecule has 2 heterocycles. The summed E-state index contributed by atoms with van der Waals surface area (Å²) in [5.41, 5.74) is 3.45. The standard InChI is InChI=1S/C13H21N3OS/c1-3-10-4-5-16(7-10)8-11-6-12(13(17)15-14)18-9(11)2/h6,10H,3-5,7-8,14H2,1-2H3,(H,15,17).